The Bertz CT molecular complexity index is 734. The predicted molar refractivity (Wildman–Crippen MR) is 96.7 cm³/mol. The summed E-state index contributed by atoms with van der Waals surface area (Å²) >= 11 is 0. The van der Waals surface area contributed by atoms with Gasteiger partial charge in [-0.1, -0.05) is 0 Å². The fraction of sp³-hybridized carbons (Fsp3) is 0.368. The number of hydrogen-bond donors (Lipinski definition) is 1. The number of pyridine rings is 1. The molecule has 6 nitrogen and oxygen atoms in total. The molecule has 1 fully saturated rings. The molecule has 0 spiro atoms. The molecule has 0 amide bonds. The normalized spacial score (nSPS) is 14.7. The average molecular weight is 338 g/mol. The summed E-state index contributed by atoms with van der Waals surface area (Å²) in [5.74, 6) is 1.44. The van der Waals surface area contributed by atoms with Gasteiger partial charge in [-0.15, -0.1) is 0 Å². The molecule has 6 heteroatoms. The lowest BCUT2D eigenvalue weighted by Gasteiger charge is -2.26. The zero-order valence-corrected chi connectivity index (χ0v) is 14.4. The summed E-state index contributed by atoms with van der Waals surface area (Å²) in [7, 11) is 1.64. The van der Waals surface area contributed by atoms with E-state index in [1.807, 2.05) is 36.4 Å². The minimum Gasteiger partial charge on any atom is -0.497 e. The number of benzene rings is 1. The molecule has 0 saturated carbocycles. The Balaban J connectivity index is 1.69. The van der Waals surface area contributed by atoms with Gasteiger partial charge in [-0.3, -0.25) is 4.90 Å². The molecule has 130 valence electrons. The highest BCUT2D eigenvalue weighted by Crippen LogP contribution is 2.23. The van der Waals surface area contributed by atoms with Gasteiger partial charge in [0.1, 0.15) is 17.6 Å². The molecule has 0 bridgehead atoms. The van der Waals surface area contributed by atoms with Crippen LogP contribution < -0.4 is 10.1 Å². The summed E-state index contributed by atoms with van der Waals surface area (Å²) in [6.45, 7) is 5.12. The second-order valence-corrected chi connectivity index (χ2v) is 5.81. The van der Waals surface area contributed by atoms with E-state index in [4.69, 9.17) is 9.47 Å². The maximum absolute atomic E-state index is 9.32. The van der Waals surface area contributed by atoms with Crippen LogP contribution in [0, 0.1) is 11.3 Å². The molecule has 1 aliphatic heterocycles. The van der Waals surface area contributed by atoms with Gasteiger partial charge in [0, 0.05) is 31.7 Å². The van der Waals surface area contributed by atoms with Crippen LogP contribution in [0.3, 0.4) is 0 Å². The van der Waals surface area contributed by atoms with E-state index in [1.54, 1.807) is 7.11 Å². The molecule has 0 radical (unpaired) electrons. The smallest absolute Gasteiger partial charge is 0.144 e. The van der Waals surface area contributed by atoms with Crippen molar-refractivity contribution in [3.8, 4) is 23.1 Å². The Morgan fingerprint density at radius 2 is 1.96 bits per heavy atom. The number of nitrogens with zero attached hydrogens (tertiary/aromatic N) is 3. The second-order valence-electron chi connectivity index (χ2n) is 5.81. The van der Waals surface area contributed by atoms with Crippen LogP contribution in [0.4, 0.5) is 5.82 Å². The van der Waals surface area contributed by atoms with E-state index in [-0.39, 0.29) is 0 Å². The lowest BCUT2D eigenvalue weighted by molar-refractivity contribution is 0.0398. The first-order chi connectivity index (χ1) is 12.3. The van der Waals surface area contributed by atoms with Crippen molar-refractivity contribution in [3.05, 3.63) is 42.0 Å². The monoisotopic (exact) mass is 338 g/mol. The molecular weight excluding hydrogens is 316 g/mol. The molecule has 1 aliphatic rings. The minimum absolute atomic E-state index is 0.555. The molecule has 1 aromatic carbocycles. The van der Waals surface area contributed by atoms with Crippen LogP contribution in [0.5, 0.6) is 5.75 Å². The summed E-state index contributed by atoms with van der Waals surface area (Å²) in [5.41, 5.74) is 2.37. The van der Waals surface area contributed by atoms with E-state index < -0.39 is 0 Å². The van der Waals surface area contributed by atoms with Crippen LogP contribution in [0.2, 0.25) is 0 Å². The first kappa shape index (κ1) is 17.2. The highest BCUT2D eigenvalue weighted by atomic mass is 16.5. The molecule has 1 saturated heterocycles. The van der Waals surface area contributed by atoms with Gasteiger partial charge in [0.25, 0.3) is 0 Å². The van der Waals surface area contributed by atoms with Gasteiger partial charge >= 0.3 is 0 Å². The van der Waals surface area contributed by atoms with E-state index >= 15 is 0 Å². The van der Waals surface area contributed by atoms with Crippen LogP contribution in [-0.4, -0.2) is 56.4 Å². The van der Waals surface area contributed by atoms with Crippen LogP contribution in [0.1, 0.15) is 5.56 Å². The van der Waals surface area contributed by atoms with Crippen molar-refractivity contribution in [2.45, 2.75) is 0 Å². The van der Waals surface area contributed by atoms with Crippen LogP contribution in [0.15, 0.2) is 36.4 Å². The first-order valence-electron chi connectivity index (χ1n) is 8.39. The van der Waals surface area contributed by atoms with Crippen molar-refractivity contribution in [1.29, 1.82) is 5.26 Å². The number of ether oxygens (including phenoxy) is 2. The van der Waals surface area contributed by atoms with E-state index in [2.05, 4.69) is 21.3 Å². The van der Waals surface area contributed by atoms with E-state index in [0.29, 0.717) is 11.4 Å². The van der Waals surface area contributed by atoms with Crippen molar-refractivity contribution < 1.29 is 9.47 Å². The van der Waals surface area contributed by atoms with Gasteiger partial charge in [0.05, 0.1) is 31.6 Å². The lowest BCUT2D eigenvalue weighted by Crippen LogP contribution is -2.39. The second kappa shape index (κ2) is 8.47. The third kappa shape index (κ3) is 4.47. The van der Waals surface area contributed by atoms with Crippen LogP contribution in [0.25, 0.3) is 11.3 Å². The molecule has 1 aromatic heterocycles. The average Bonchev–Trinajstić information content (AvgIpc) is 2.69. The summed E-state index contributed by atoms with van der Waals surface area (Å²) in [5, 5.41) is 12.6. The van der Waals surface area contributed by atoms with Crippen molar-refractivity contribution in [1.82, 2.24) is 9.88 Å². The zero-order chi connectivity index (χ0) is 17.5. The molecule has 1 N–H and O–H groups in total. The Morgan fingerprint density at radius 3 is 2.64 bits per heavy atom. The minimum atomic E-state index is 0.555. The molecule has 2 heterocycles. The summed E-state index contributed by atoms with van der Waals surface area (Å²) in [6, 6.07) is 13.6. The number of nitrogens with one attached hydrogen (secondary N) is 1. The number of nitriles is 1. The standard InChI is InChI=1S/C19H22N4O2/c1-24-17-5-2-15(3-6-17)18-7-4-16(14-20)19(22-18)21-8-9-23-10-12-25-13-11-23/h2-7H,8-13H2,1H3,(H,21,22). The molecule has 3 rings (SSSR count). The Hall–Kier alpha value is -2.62. The molecule has 0 atom stereocenters. The highest BCUT2D eigenvalue weighted by Gasteiger charge is 2.11. The lowest BCUT2D eigenvalue weighted by atomic mass is 10.1. The van der Waals surface area contributed by atoms with Gasteiger partial charge in [-0.2, -0.15) is 5.26 Å². The molecule has 2 aromatic rings. The topological polar surface area (TPSA) is 70.4 Å². The maximum atomic E-state index is 9.32. The SMILES string of the molecule is COc1ccc(-c2ccc(C#N)c(NCCN3CCOCC3)n2)cc1. The number of anilines is 1. The third-order valence-electron chi connectivity index (χ3n) is 4.23. The Morgan fingerprint density at radius 1 is 1.20 bits per heavy atom. The van der Waals surface area contributed by atoms with Crippen LogP contribution in [-0.2, 0) is 4.74 Å². The third-order valence-corrected chi connectivity index (χ3v) is 4.23. The summed E-state index contributed by atoms with van der Waals surface area (Å²) in [6.07, 6.45) is 0. The van der Waals surface area contributed by atoms with Crippen LogP contribution >= 0.6 is 0 Å². The number of morpholine rings is 1. The van der Waals surface area contributed by atoms with Crippen molar-refractivity contribution in [3.63, 3.8) is 0 Å². The summed E-state index contributed by atoms with van der Waals surface area (Å²) in [4.78, 5) is 6.98. The van der Waals surface area contributed by atoms with Gasteiger partial charge in [0.2, 0.25) is 0 Å². The highest BCUT2D eigenvalue weighted by molar-refractivity contribution is 5.65. The first-order valence-corrected chi connectivity index (χ1v) is 8.39. The molecule has 25 heavy (non-hydrogen) atoms. The van der Waals surface area contributed by atoms with Gasteiger partial charge < -0.3 is 14.8 Å². The fourth-order valence-corrected chi connectivity index (χ4v) is 2.76. The number of methoxy groups -OCH3 is 1. The number of rotatable bonds is 6. The quantitative estimate of drug-likeness (QED) is 0.872. The van der Waals surface area contributed by atoms with Crippen molar-refractivity contribution >= 4 is 5.82 Å². The number of aromatic nitrogens is 1. The van der Waals surface area contributed by atoms with Crippen molar-refractivity contribution in [2.75, 3.05) is 51.8 Å². The largest absolute Gasteiger partial charge is 0.497 e. The van der Waals surface area contributed by atoms with E-state index in [0.717, 1.165) is 56.4 Å². The zero-order valence-electron chi connectivity index (χ0n) is 14.4. The number of hydrogen-bond acceptors (Lipinski definition) is 6. The van der Waals surface area contributed by atoms with Gasteiger partial charge in [-0.05, 0) is 36.4 Å². The van der Waals surface area contributed by atoms with E-state index in [9.17, 15) is 5.26 Å². The maximum Gasteiger partial charge on any atom is 0.144 e. The van der Waals surface area contributed by atoms with E-state index in [1.165, 1.54) is 0 Å². The molecule has 0 aliphatic carbocycles. The Kier molecular flexibility index (Phi) is 5.83. The molecule has 0 unspecified atom stereocenters. The fourth-order valence-electron chi connectivity index (χ4n) is 2.76. The predicted octanol–water partition coefficient (Wildman–Crippen LogP) is 2.37. The molecular formula is C19H22N4O2. The Labute approximate surface area is 148 Å². The van der Waals surface area contributed by atoms with Gasteiger partial charge in [0.15, 0.2) is 0 Å². The van der Waals surface area contributed by atoms with Crippen molar-refractivity contribution in [2.24, 2.45) is 0 Å². The van der Waals surface area contributed by atoms with Gasteiger partial charge in [-0.25, -0.2) is 4.98 Å². The summed E-state index contributed by atoms with van der Waals surface area (Å²) < 4.78 is 10.5.